The molecule has 1 saturated carbocycles. The standard InChI is InChI=1S/C27H38FNO4/c1-17(2)22-11-10-18(3)12-24(22)32-25(30)23-15-20(13-19-8-7-9-21(28)14-19)16-29(23)26(31)33-27(4,5)6/h7-9,14,17,20,22-24H,3,10-13,15-16H2,1-2,4-6H3/t20?,22-,23-,24+/m0/s1. The zero-order chi connectivity index (χ0) is 24.3. The highest BCUT2D eigenvalue weighted by Gasteiger charge is 2.44. The third-order valence-corrected chi connectivity index (χ3v) is 6.62. The van der Waals surface area contributed by atoms with Gasteiger partial charge in [-0.25, -0.2) is 14.0 Å². The Labute approximate surface area is 197 Å². The van der Waals surface area contributed by atoms with E-state index in [0.717, 1.165) is 24.0 Å². The molecule has 1 heterocycles. The Morgan fingerprint density at radius 1 is 1.27 bits per heavy atom. The fourth-order valence-electron chi connectivity index (χ4n) is 5.03. The summed E-state index contributed by atoms with van der Waals surface area (Å²) < 4.78 is 25.3. The largest absolute Gasteiger partial charge is 0.460 e. The molecular formula is C27H38FNO4. The van der Waals surface area contributed by atoms with Crippen molar-refractivity contribution in [3.8, 4) is 0 Å². The summed E-state index contributed by atoms with van der Waals surface area (Å²) in [5, 5.41) is 0. The predicted molar refractivity (Wildman–Crippen MR) is 126 cm³/mol. The fourth-order valence-corrected chi connectivity index (χ4v) is 5.03. The average Bonchev–Trinajstić information content (AvgIpc) is 3.10. The summed E-state index contributed by atoms with van der Waals surface area (Å²) >= 11 is 0. The number of nitrogens with zero attached hydrogens (tertiary/aromatic N) is 1. The first-order chi connectivity index (χ1) is 15.4. The van der Waals surface area contributed by atoms with Gasteiger partial charge in [-0.1, -0.05) is 38.1 Å². The number of hydrogen-bond acceptors (Lipinski definition) is 4. The highest BCUT2D eigenvalue weighted by atomic mass is 19.1. The van der Waals surface area contributed by atoms with Crippen molar-refractivity contribution in [2.45, 2.75) is 84.5 Å². The number of hydrogen-bond donors (Lipinski definition) is 0. The fraction of sp³-hybridized carbons (Fsp3) is 0.630. The van der Waals surface area contributed by atoms with E-state index in [1.54, 1.807) is 26.8 Å². The lowest BCUT2D eigenvalue weighted by Gasteiger charge is -2.36. The van der Waals surface area contributed by atoms with Crippen LogP contribution in [-0.2, 0) is 20.7 Å². The minimum absolute atomic E-state index is 0.0130. The van der Waals surface area contributed by atoms with Crippen molar-refractivity contribution in [1.82, 2.24) is 4.90 Å². The topological polar surface area (TPSA) is 55.8 Å². The lowest BCUT2D eigenvalue weighted by Crippen LogP contribution is -2.46. The van der Waals surface area contributed by atoms with E-state index in [-0.39, 0.29) is 29.7 Å². The Bertz CT molecular complexity index is 875. The van der Waals surface area contributed by atoms with E-state index < -0.39 is 17.7 Å². The molecule has 3 rings (SSSR count). The van der Waals surface area contributed by atoms with Gasteiger partial charge < -0.3 is 9.47 Å². The van der Waals surface area contributed by atoms with Crippen molar-refractivity contribution in [3.05, 3.63) is 47.8 Å². The SMILES string of the molecule is C=C1CC[C@@H](C(C)C)[C@H](OC(=O)[C@@H]2CC(Cc3cccc(F)c3)CN2C(=O)OC(C)(C)C)C1. The van der Waals surface area contributed by atoms with Gasteiger partial charge in [0.15, 0.2) is 0 Å². The zero-order valence-electron chi connectivity index (χ0n) is 20.6. The molecule has 4 atom stereocenters. The number of benzene rings is 1. The summed E-state index contributed by atoms with van der Waals surface area (Å²) in [5.74, 6) is 0.0100. The van der Waals surface area contributed by atoms with Crippen LogP contribution in [0, 0.1) is 23.6 Å². The van der Waals surface area contributed by atoms with Crippen LogP contribution in [0.1, 0.15) is 65.9 Å². The average molecular weight is 460 g/mol. The van der Waals surface area contributed by atoms with E-state index in [0.29, 0.717) is 31.7 Å². The van der Waals surface area contributed by atoms with Crippen LogP contribution in [0.15, 0.2) is 36.4 Å². The van der Waals surface area contributed by atoms with Crippen molar-refractivity contribution >= 4 is 12.1 Å². The van der Waals surface area contributed by atoms with Crippen LogP contribution in [0.2, 0.25) is 0 Å². The second-order valence-electron chi connectivity index (χ2n) is 11.0. The van der Waals surface area contributed by atoms with Gasteiger partial charge in [-0.3, -0.25) is 4.90 Å². The molecule has 0 spiro atoms. The molecule has 2 fully saturated rings. The smallest absolute Gasteiger partial charge is 0.411 e. The summed E-state index contributed by atoms with van der Waals surface area (Å²) in [5.41, 5.74) is 1.28. The lowest BCUT2D eigenvalue weighted by molar-refractivity contribution is -0.159. The van der Waals surface area contributed by atoms with Crippen molar-refractivity contribution < 1.29 is 23.5 Å². The molecule has 1 amide bonds. The van der Waals surface area contributed by atoms with Gasteiger partial charge in [0, 0.05) is 13.0 Å². The van der Waals surface area contributed by atoms with Crippen molar-refractivity contribution in [2.24, 2.45) is 17.8 Å². The predicted octanol–water partition coefficient (Wildman–Crippen LogP) is 5.92. The van der Waals surface area contributed by atoms with E-state index in [1.165, 1.54) is 17.0 Å². The molecule has 1 unspecified atom stereocenters. The number of halogens is 1. The van der Waals surface area contributed by atoms with Crippen LogP contribution in [0.25, 0.3) is 0 Å². The zero-order valence-corrected chi connectivity index (χ0v) is 20.6. The number of amides is 1. The first-order valence-corrected chi connectivity index (χ1v) is 12.0. The molecule has 0 aromatic heterocycles. The second kappa shape index (κ2) is 10.3. The molecule has 1 saturated heterocycles. The highest BCUT2D eigenvalue weighted by molar-refractivity contribution is 5.82. The molecule has 1 aliphatic carbocycles. The number of carbonyl (C=O) groups excluding carboxylic acids is 2. The molecule has 6 heteroatoms. The Morgan fingerprint density at radius 2 is 2.00 bits per heavy atom. The van der Waals surface area contributed by atoms with E-state index >= 15 is 0 Å². The molecule has 5 nitrogen and oxygen atoms in total. The van der Waals surface area contributed by atoms with E-state index in [9.17, 15) is 14.0 Å². The number of ether oxygens (including phenoxy) is 2. The summed E-state index contributed by atoms with van der Waals surface area (Å²) in [6.45, 7) is 14.2. The van der Waals surface area contributed by atoms with Gasteiger partial charge >= 0.3 is 12.1 Å². The van der Waals surface area contributed by atoms with E-state index in [1.807, 2.05) is 6.07 Å². The molecule has 1 aromatic rings. The molecule has 182 valence electrons. The van der Waals surface area contributed by atoms with Gasteiger partial charge in [0.2, 0.25) is 0 Å². The van der Waals surface area contributed by atoms with E-state index in [4.69, 9.17) is 9.47 Å². The number of rotatable bonds is 5. The molecular weight excluding hydrogens is 421 g/mol. The summed E-state index contributed by atoms with van der Waals surface area (Å²) in [7, 11) is 0. The molecule has 1 aliphatic heterocycles. The van der Waals surface area contributed by atoms with Gasteiger partial charge in [0.1, 0.15) is 23.6 Å². The van der Waals surface area contributed by atoms with E-state index in [2.05, 4.69) is 20.4 Å². The van der Waals surface area contributed by atoms with Gasteiger partial charge in [-0.05, 0) is 81.9 Å². The minimum atomic E-state index is -0.707. The number of carbonyl (C=O) groups is 2. The molecule has 0 bridgehead atoms. The quantitative estimate of drug-likeness (QED) is 0.405. The summed E-state index contributed by atoms with van der Waals surface area (Å²) in [6.07, 6.45) is 2.89. The first kappa shape index (κ1) is 25.3. The Morgan fingerprint density at radius 3 is 2.64 bits per heavy atom. The molecule has 2 aliphatic rings. The lowest BCUT2D eigenvalue weighted by atomic mass is 9.77. The normalized spacial score (nSPS) is 25.9. The van der Waals surface area contributed by atoms with Crippen LogP contribution in [0.5, 0.6) is 0 Å². The Kier molecular flexibility index (Phi) is 7.86. The molecule has 0 radical (unpaired) electrons. The second-order valence-corrected chi connectivity index (χ2v) is 11.0. The molecule has 1 aromatic carbocycles. The molecule has 0 N–H and O–H groups in total. The third-order valence-electron chi connectivity index (χ3n) is 6.62. The maximum Gasteiger partial charge on any atom is 0.411 e. The van der Waals surface area contributed by atoms with Crippen LogP contribution >= 0.6 is 0 Å². The highest BCUT2D eigenvalue weighted by Crippen LogP contribution is 2.36. The molecule has 33 heavy (non-hydrogen) atoms. The monoisotopic (exact) mass is 459 g/mol. The van der Waals surface area contributed by atoms with Gasteiger partial charge in [-0.15, -0.1) is 0 Å². The number of likely N-dealkylation sites (tertiary alicyclic amines) is 1. The van der Waals surface area contributed by atoms with Crippen LogP contribution < -0.4 is 0 Å². The van der Waals surface area contributed by atoms with Crippen molar-refractivity contribution in [2.75, 3.05) is 6.54 Å². The van der Waals surface area contributed by atoms with Crippen LogP contribution in [0.3, 0.4) is 0 Å². The van der Waals surface area contributed by atoms with Gasteiger partial charge in [0.25, 0.3) is 0 Å². The Balaban J connectivity index is 1.76. The summed E-state index contributed by atoms with van der Waals surface area (Å²) in [6, 6.07) is 5.76. The maximum atomic E-state index is 13.7. The van der Waals surface area contributed by atoms with Crippen molar-refractivity contribution in [3.63, 3.8) is 0 Å². The third kappa shape index (κ3) is 6.81. The minimum Gasteiger partial charge on any atom is -0.460 e. The van der Waals surface area contributed by atoms with Gasteiger partial charge in [-0.2, -0.15) is 0 Å². The maximum absolute atomic E-state index is 13.7. The summed E-state index contributed by atoms with van der Waals surface area (Å²) in [4.78, 5) is 27.8. The number of esters is 1. The van der Waals surface area contributed by atoms with Crippen LogP contribution in [-0.4, -0.2) is 41.3 Å². The first-order valence-electron chi connectivity index (χ1n) is 12.0. The Hall–Kier alpha value is -2.37. The van der Waals surface area contributed by atoms with Crippen LogP contribution in [0.4, 0.5) is 9.18 Å². The van der Waals surface area contributed by atoms with Gasteiger partial charge in [0.05, 0.1) is 0 Å². The van der Waals surface area contributed by atoms with Crippen molar-refractivity contribution in [1.29, 1.82) is 0 Å².